The second kappa shape index (κ2) is 64.9. The van der Waals surface area contributed by atoms with Gasteiger partial charge in [0.15, 0.2) is 0 Å². The fourth-order valence-electron chi connectivity index (χ4n) is 10.7. The number of unbranched alkanes of at least 4 members (excludes halogenated alkanes) is 51. The SMILES string of the molecule is CCCCCCCC/C=C\CCCCCCCCCCCC(=O)OCCCCCCCCCCCCCCCCCCCCCCCCCCCCCCCCC(=O)NC(CO)C(O)/C=C/CCCCCCCCC. The number of esters is 1. The molecule has 0 saturated carbocycles. The van der Waals surface area contributed by atoms with E-state index in [2.05, 4.69) is 31.3 Å². The predicted molar refractivity (Wildman–Crippen MR) is 329 cm³/mol. The number of nitrogens with one attached hydrogen (secondary N) is 1. The summed E-state index contributed by atoms with van der Waals surface area (Å²) in [5.41, 5.74) is 0. The van der Waals surface area contributed by atoms with Crippen molar-refractivity contribution in [3.05, 3.63) is 24.3 Å². The molecule has 0 aliphatic carbocycles. The Bertz CT molecular complexity index is 1170. The van der Waals surface area contributed by atoms with Crippen molar-refractivity contribution in [3.8, 4) is 0 Å². The van der Waals surface area contributed by atoms with E-state index in [0.29, 0.717) is 19.4 Å². The van der Waals surface area contributed by atoms with Crippen molar-refractivity contribution in [2.24, 2.45) is 0 Å². The second-order valence-electron chi connectivity index (χ2n) is 23.5. The summed E-state index contributed by atoms with van der Waals surface area (Å²) in [6.45, 7) is 4.90. The fraction of sp³-hybridized carbons (Fsp3) is 0.913. The van der Waals surface area contributed by atoms with Crippen LogP contribution in [-0.2, 0) is 14.3 Å². The maximum Gasteiger partial charge on any atom is 0.305 e. The lowest BCUT2D eigenvalue weighted by atomic mass is 10.0. The molecule has 75 heavy (non-hydrogen) atoms. The molecular formula is C69H133NO5. The second-order valence-corrected chi connectivity index (χ2v) is 23.5. The Labute approximate surface area is 469 Å². The molecule has 0 aromatic heterocycles. The van der Waals surface area contributed by atoms with Gasteiger partial charge in [0.1, 0.15) is 0 Å². The molecule has 0 radical (unpaired) electrons. The van der Waals surface area contributed by atoms with E-state index in [9.17, 15) is 19.8 Å². The summed E-state index contributed by atoms with van der Waals surface area (Å²) in [6, 6.07) is -0.622. The number of aliphatic hydroxyl groups excluding tert-OH is 2. The quantitative estimate of drug-likeness (QED) is 0.0320. The third-order valence-electron chi connectivity index (χ3n) is 16.0. The van der Waals surface area contributed by atoms with Crippen LogP contribution in [0.1, 0.15) is 380 Å². The number of amides is 1. The van der Waals surface area contributed by atoms with Crippen LogP contribution in [0.15, 0.2) is 24.3 Å². The molecule has 0 spiro atoms. The molecule has 3 N–H and O–H groups in total. The van der Waals surface area contributed by atoms with Crippen molar-refractivity contribution < 1.29 is 24.5 Å². The van der Waals surface area contributed by atoms with E-state index in [1.54, 1.807) is 6.08 Å². The molecule has 0 fully saturated rings. The summed E-state index contributed by atoms with van der Waals surface area (Å²) in [6.07, 6.45) is 81.3. The molecule has 0 saturated heterocycles. The Morgan fingerprint density at radius 3 is 0.947 bits per heavy atom. The number of aliphatic hydroxyl groups is 2. The van der Waals surface area contributed by atoms with Crippen LogP contribution in [0.5, 0.6) is 0 Å². The minimum atomic E-state index is -0.839. The normalized spacial score (nSPS) is 12.6. The lowest BCUT2D eigenvalue weighted by molar-refractivity contribution is -0.143. The molecule has 0 aliphatic rings. The smallest absolute Gasteiger partial charge is 0.305 e. The van der Waals surface area contributed by atoms with Gasteiger partial charge in [0.2, 0.25) is 5.91 Å². The summed E-state index contributed by atoms with van der Waals surface area (Å²) >= 11 is 0. The number of carbonyl (C=O) groups excluding carboxylic acids is 2. The van der Waals surface area contributed by atoms with E-state index in [0.717, 1.165) is 38.5 Å². The van der Waals surface area contributed by atoms with Gasteiger partial charge in [-0.05, 0) is 57.8 Å². The minimum Gasteiger partial charge on any atom is -0.466 e. The molecule has 1 amide bonds. The molecule has 0 heterocycles. The van der Waals surface area contributed by atoms with Gasteiger partial charge in [0.25, 0.3) is 0 Å². The first-order chi connectivity index (χ1) is 37.0. The van der Waals surface area contributed by atoms with Crippen molar-refractivity contribution >= 4 is 11.9 Å². The Kier molecular flexibility index (Phi) is 63.4. The van der Waals surface area contributed by atoms with Crippen LogP contribution in [0.3, 0.4) is 0 Å². The van der Waals surface area contributed by atoms with E-state index < -0.39 is 12.1 Å². The number of ether oxygens (including phenoxy) is 1. The molecule has 444 valence electrons. The first-order valence-electron chi connectivity index (χ1n) is 34.1. The van der Waals surface area contributed by atoms with E-state index in [1.165, 1.54) is 315 Å². The first-order valence-corrected chi connectivity index (χ1v) is 34.1. The number of rotatable bonds is 64. The van der Waals surface area contributed by atoms with Crippen molar-refractivity contribution in [2.45, 2.75) is 392 Å². The highest BCUT2D eigenvalue weighted by Gasteiger charge is 2.18. The van der Waals surface area contributed by atoms with Gasteiger partial charge in [-0.1, -0.05) is 334 Å². The van der Waals surface area contributed by atoms with Gasteiger partial charge in [-0.15, -0.1) is 0 Å². The largest absolute Gasteiger partial charge is 0.466 e. The van der Waals surface area contributed by atoms with Gasteiger partial charge in [-0.3, -0.25) is 9.59 Å². The third kappa shape index (κ3) is 61.4. The van der Waals surface area contributed by atoms with Crippen LogP contribution in [0.4, 0.5) is 0 Å². The average Bonchev–Trinajstić information content (AvgIpc) is 3.41. The molecule has 0 bridgehead atoms. The number of allylic oxidation sites excluding steroid dienone is 3. The highest BCUT2D eigenvalue weighted by molar-refractivity contribution is 5.76. The monoisotopic (exact) mass is 1060 g/mol. The maximum absolute atomic E-state index is 12.4. The third-order valence-corrected chi connectivity index (χ3v) is 16.0. The van der Waals surface area contributed by atoms with Gasteiger partial charge in [-0.25, -0.2) is 0 Å². The summed E-state index contributed by atoms with van der Waals surface area (Å²) in [4.78, 5) is 24.5. The molecule has 6 heteroatoms. The summed E-state index contributed by atoms with van der Waals surface area (Å²) in [5.74, 6) is -0.0456. The van der Waals surface area contributed by atoms with E-state index >= 15 is 0 Å². The van der Waals surface area contributed by atoms with Crippen LogP contribution in [0.25, 0.3) is 0 Å². The number of hydrogen-bond acceptors (Lipinski definition) is 5. The lowest BCUT2D eigenvalue weighted by Gasteiger charge is -2.20. The van der Waals surface area contributed by atoms with E-state index in [4.69, 9.17) is 4.74 Å². The highest BCUT2D eigenvalue weighted by Crippen LogP contribution is 2.19. The van der Waals surface area contributed by atoms with Crippen molar-refractivity contribution in [3.63, 3.8) is 0 Å². The van der Waals surface area contributed by atoms with Crippen LogP contribution in [0.2, 0.25) is 0 Å². The predicted octanol–water partition coefficient (Wildman–Crippen LogP) is 21.8. The first kappa shape index (κ1) is 73.3. The molecule has 6 nitrogen and oxygen atoms in total. The van der Waals surface area contributed by atoms with Gasteiger partial charge >= 0.3 is 5.97 Å². The van der Waals surface area contributed by atoms with Crippen LogP contribution in [-0.4, -0.2) is 47.4 Å². The topological polar surface area (TPSA) is 95.9 Å². The Morgan fingerprint density at radius 1 is 0.360 bits per heavy atom. The number of carbonyl (C=O) groups is 2. The average molecular weight is 1060 g/mol. The van der Waals surface area contributed by atoms with E-state index in [-0.39, 0.29) is 18.5 Å². The van der Waals surface area contributed by atoms with Crippen LogP contribution in [0, 0.1) is 0 Å². The molecule has 0 aliphatic heterocycles. The fourth-order valence-corrected chi connectivity index (χ4v) is 10.7. The van der Waals surface area contributed by atoms with Crippen LogP contribution < -0.4 is 5.32 Å². The van der Waals surface area contributed by atoms with Crippen molar-refractivity contribution in [1.82, 2.24) is 5.32 Å². The van der Waals surface area contributed by atoms with Crippen LogP contribution >= 0.6 is 0 Å². The minimum absolute atomic E-state index is 0.0198. The summed E-state index contributed by atoms with van der Waals surface area (Å²) in [5, 5.41) is 23.0. The standard InChI is InChI=1S/C69H133NO5/c1-3-5-7-9-11-13-14-15-16-17-30-34-37-40-43-47-51-55-59-63-69(74)75-64-60-56-52-48-44-41-38-35-32-29-27-25-23-21-19-18-20-22-24-26-28-31-33-36-39-42-46-50-54-58-62-68(73)70-66(65-71)67(72)61-57-53-49-45-12-10-8-6-4-2/h15-16,57,61,66-67,71-72H,3-14,17-56,58-60,62-65H2,1-2H3,(H,70,73)/b16-15-,61-57+. The maximum atomic E-state index is 12.4. The molecule has 0 aromatic carbocycles. The highest BCUT2D eigenvalue weighted by atomic mass is 16.5. The Hall–Kier alpha value is -1.66. The lowest BCUT2D eigenvalue weighted by Crippen LogP contribution is -2.45. The van der Waals surface area contributed by atoms with E-state index in [1.807, 2.05) is 6.08 Å². The molecule has 2 unspecified atom stereocenters. The molecule has 0 aromatic rings. The zero-order chi connectivity index (χ0) is 54.3. The van der Waals surface area contributed by atoms with Crippen molar-refractivity contribution in [1.29, 1.82) is 0 Å². The van der Waals surface area contributed by atoms with Gasteiger partial charge in [0.05, 0.1) is 25.4 Å². The van der Waals surface area contributed by atoms with Gasteiger partial charge in [0, 0.05) is 12.8 Å². The van der Waals surface area contributed by atoms with Crippen molar-refractivity contribution in [2.75, 3.05) is 13.2 Å². The summed E-state index contributed by atoms with van der Waals surface area (Å²) in [7, 11) is 0. The molecule has 2 atom stereocenters. The van der Waals surface area contributed by atoms with Gasteiger partial charge < -0.3 is 20.3 Å². The zero-order valence-electron chi connectivity index (χ0n) is 50.8. The Balaban J connectivity index is 3.29. The summed E-state index contributed by atoms with van der Waals surface area (Å²) < 4.78 is 5.51. The molecular weight excluding hydrogens is 923 g/mol. The van der Waals surface area contributed by atoms with Gasteiger partial charge in [-0.2, -0.15) is 0 Å². The Morgan fingerprint density at radius 2 is 0.627 bits per heavy atom. The zero-order valence-corrected chi connectivity index (χ0v) is 50.8. The molecule has 0 rings (SSSR count). The number of hydrogen-bond donors (Lipinski definition) is 3.